The smallest absolute Gasteiger partial charge is 0.338 e. The molecule has 2 aromatic carbocycles. The molecule has 0 fully saturated rings. The molecule has 8 nitrogen and oxygen atoms in total. The summed E-state index contributed by atoms with van der Waals surface area (Å²) in [5, 5.41) is 0.442. The largest absolute Gasteiger partial charge is 0.454 e. The minimum Gasteiger partial charge on any atom is -0.454 e. The molecule has 0 saturated carbocycles. The monoisotopic (exact) mass is 415 g/mol. The molecule has 0 saturated heterocycles. The van der Waals surface area contributed by atoms with Gasteiger partial charge < -0.3 is 9.72 Å². The number of carbonyl (C=O) groups excluding carboxylic acids is 1. The van der Waals surface area contributed by atoms with Gasteiger partial charge in [0.05, 0.1) is 21.4 Å². The number of sulfonamides is 1. The van der Waals surface area contributed by atoms with Gasteiger partial charge in [0.15, 0.2) is 0 Å². The number of aromatic amines is 1. The van der Waals surface area contributed by atoms with E-state index in [-0.39, 0.29) is 28.4 Å². The van der Waals surface area contributed by atoms with Crippen molar-refractivity contribution in [1.29, 1.82) is 0 Å². The minimum atomic E-state index is -3.69. The summed E-state index contributed by atoms with van der Waals surface area (Å²) < 4.78 is 31.8. The van der Waals surface area contributed by atoms with Crippen LogP contribution in [0, 0.1) is 0 Å². The summed E-state index contributed by atoms with van der Waals surface area (Å²) in [6.07, 6.45) is 0. The molecule has 1 heterocycles. The number of H-pyrrole nitrogens is 1. The maximum Gasteiger partial charge on any atom is 0.338 e. The first-order valence-electron chi connectivity index (χ1n) is 9.12. The highest BCUT2D eigenvalue weighted by Gasteiger charge is 2.22. The molecule has 0 spiro atoms. The number of nitrogens with zero attached hydrogens (tertiary/aromatic N) is 2. The lowest BCUT2D eigenvalue weighted by Gasteiger charge is -2.18. The van der Waals surface area contributed by atoms with Gasteiger partial charge in [0, 0.05) is 13.1 Å². The molecule has 0 aliphatic carbocycles. The van der Waals surface area contributed by atoms with Crippen molar-refractivity contribution in [1.82, 2.24) is 14.3 Å². The summed E-state index contributed by atoms with van der Waals surface area (Å²) in [6.45, 7) is 3.90. The predicted octanol–water partition coefficient (Wildman–Crippen LogP) is 2.31. The number of rotatable bonds is 7. The number of para-hydroxylation sites is 1. The van der Waals surface area contributed by atoms with Crippen molar-refractivity contribution in [3.63, 3.8) is 0 Å². The molecule has 0 aliphatic heterocycles. The summed E-state index contributed by atoms with van der Waals surface area (Å²) >= 11 is 0. The summed E-state index contributed by atoms with van der Waals surface area (Å²) in [6, 6.07) is 12.5. The van der Waals surface area contributed by atoms with Crippen LogP contribution < -0.4 is 5.56 Å². The molecular formula is C20H21N3O5S. The molecule has 0 atom stereocenters. The highest BCUT2D eigenvalue weighted by Crippen LogP contribution is 2.18. The van der Waals surface area contributed by atoms with E-state index in [9.17, 15) is 18.0 Å². The van der Waals surface area contributed by atoms with Crippen molar-refractivity contribution in [3.8, 4) is 0 Å². The number of aromatic nitrogens is 2. The van der Waals surface area contributed by atoms with E-state index < -0.39 is 16.0 Å². The topological polar surface area (TPSA) is 109 Å². The van der Waals surface area contributed by atoms with E-state index in [1.54, 1.807) is 38.1 Å². The fourth-order valence-electron chi connectivity index (χ4n) is 2.92. The zero-order chi connectivity index (χ0) is 21.0. The quantitative estimate of drug-likeness (QED) is 0.593. The number of fused-ring (bicyclic) bond motifs is 1. The van der Waals surface area contributed by atoms with Crippen LogP contribution in [-0.2, 0) is 21.4 Å². The molecule has 29 heavy (non-hydrogen) atoms. The van der Waals surface area contributed by atoms with Crippen molar-refractivity contribution >= 4 is 26.9 Å². The summed E-state index contributed by atoms with van der Waals surface area (Å²) in [7, 11) is -3.69. The van der Waals surface area contributed by atoms with Gasteiger partial charge in [-0.05, 0) is 30.3 Å². The van der Waals surface area contributed by atoms with Gasteiger partial charge in [-0.1, -0.05) is 32.0 Å². The third-order valence-electron chi connectivity index (χ3n) is 4.41. The Morgan fingerprint density at radius 2 is 1.83 bits per heavy atom. The van der Waals surface area contributed by atoms with Gasteiger partial charge >= 0.3 is 5.97 Å². The Labute approximate surface area is 168 Å². The van der Waals surface area contributed by atoms with Crippen LogP contribution in [0.25, 0.3) is 10.9 Å². The van der Waals surface area contributed by atoms with E-state index in [4.69, 9.17) is 4.74 Å². The second-order valence-electron chi connectivity index (χ2n) is 6.22. The average molecular weight is 415 g/mol. The zero-order valence-electron chi connectivity index (χ0n) is 16.1. The van der Waals surface area contributed by atoms with Gasteiger partial charge in [-0.25, -0.2) is 18.2 Å². The average Bonchev–Trinajstić information content (AvgIpc) is 2.73. The molecule has 1 N–H and O–H groups in total. The maximum absolute atomic E-state index is 12.6. The van der Waals surface area contributed by atoms with Gasteiger partial charge in [-0.3, -0.25) is 4.79 Å². The summed E-state index contributed by atoms with van der Waals surface area (Å²) in [5.41, 5.74) is 0.268. The van der Waals surface area contributed by atoms with Crippen molar-refractivity contribution in [2.24, 2.45) is 0 Å². The fraction of sp³-hybridized carbons (Fsp3) is 0.250. The molecule has 9 heteroatoms. The first-order valence-corrected chi connectivity index (χ1v) is 10.6. The first-order chi connectivity index (χ1) is 13.9. The second-order valence-corrected chi connectivity index (χ2v) is 8.16. The van der Waals surface area contributed by atoms with Crippen LogP contribution >= 0.6 is 0 Å². The number of esters is 1. The number of ether oxygens (including phenoxy) is 1. The van der Waals surface area contributed by atoms with Gasteiger partial charge in [0.1, 0.15) is 12.4 Å². The third-order valence-corrected chi connectivity index (χ3v) is 6.46. The van der Waals surface area contributed by atoms with Crippen LogP contribution in [0.3, 0.4) is 0 Å². The highest BCUT2D eigenvalue weighted by atomic mass is 32.2. The molecule has 0 amide bonds. The van der Waals surface area contributed by atoms with Crippen molar-refractivity contribution < 1.29 is 17.9 Å². The molecule has 0 aliphatic rings. The predicted molar refractivity (Wildman–Crippen MR) is 108 cm³/mol. The lowest BCUT2D eigenvalue weighted by Crippen LogP contribution is -2.30. The van der Waals surface area contributed by atoms with Gasteiger partial charge in [-0.15, -0.1) is 0 Å². The van der Waals surface area contributed by atoms with E-state index >= 15 is 0 Å². The number of hydrogen-bond donors (Lipinski definition) is 1. The number of hydrogen-bond acceptors (Lipinski definition) is 6. The summed E-state index contributed by atoms with van der Waals surface area (Å²) in [5.74, 6) is -0.508. The Hall–Kier alpha value is -3.04. The summed E-state index contributed by atoms with van der Waals surface area (Å²) in [4.78, 5) is 31.4. The minimum absolute atomic E-state index is 0.0212. The van der Waals surface area contributed by atoms with Crippen LogP contribution in [0.1, 0.15) is 30.0 Å². The Morgan fingerprint density at radius 1 is 1.10 bits per heavy atom. The SMILES string of the molecule is CCN(CC)S(=O)(=O)c1cccc(C(=O)OCc2nc3ccccc3c(=O)[nH]2)c1. The van der Waals surface area contributed by atoms with Crippen LogP contribution in [0.15, 0.2) is 58.2 Å². The third kappa shape index (κ3) is 4.36. The molecule has 1 aromatic heterocycles. The van der Waals surface area contributed by atoms with Gasteiger partial charge in [0.2, 0.25) is 10.0 Å². The van der Waals surface area contributed by atoms with Crippen LogP contribution in [0.2, 0.25) is 0 Å². The first kappa shape index (κ1) is 20.7. The second kappa shape index (κ2) is 8.54. The van der Waals surface area contributed by atoms with Crippen LogP contribution in [0.5, 0.6) is 0 Å². The number of benzene rings is 2. The molecule has 3 aromatic rings. The standard InChI is InChI=1S/C20H21N3O5S/c1-3-23(4-2)29(26,27)15-9-7-8-14(12-15)20(25)28-13-18-21-17-11-6-5-10-16(17)19(24)22-18/h5-12H,3-4,13H2,1-2H3,(H,21,22,24). The van der Waals surface area contributed by atoms with Crippen LogP contribution in [-0.4, -0.2) is 41.7 Å². The maximum atomic E-state index is 12.6. The molecule has 152 valence electrons. The van der Waals surface area contributed by atoms with Crippen molar-refractivity contribution in [3.05, 3.63) is 70.3 Å². The van der Waals surface area contributed by atoms with E-state index in [2.05, 4.69) is 9.97 Å². The van der Waals surface area contributed by atoms with Crippen molar-refractivity contribution in [2.75, 3.05) is 13.1 Å². The Morgan fingerprint density at radius 3 is 2.55 bits per heavy atom. The highest BCUT2D eigenvalue weighted by molar-refractivity contribution is 7.89. The normalized spacial score (nSPS) is 11.7. The van der Waals surface area contributed by atoms with Gasteiger partial charge in [0.25, 0.3) is 5.56 Å². The Bertz CT molecular complexity index is 1200. The fourth-order valence-corrected chi connectivity index (χ4v) is 4.42. The van der Waals surface area contributed by atoms with Gasteiger partial charge in [-0.2, -0.15) is 4.31 Å². The van der Waals surface area contributed by atoms with E-state index in [0.717, 1.165) is 0 Å². The number of carbonyl (C=O) groups is 1. The Kier molecular flexibility index (Phi) is 6.09. The van der Waals surface area contributed by atoms with E-state index in [0.29, 0.717) is 24.0 Å². The molecule has 3 rings (SSSR count). The van der Waals surface area contributed by atoms with E-state index in [1.807, 2.05) is 0 Å². The van der Waals surface area contributed by atoms with E-state index in [1.165, 1.54) is 28.6 Å². The Balaban J connectivity index is 1.79. The molecule has 0 radical (unpaired) electrons. The molecule has 0 bridgehead atoms. The molecule has 0 unspecified atom stereocenters. The number of nitrogens with one attached hydrogen (secondary N) is 1. The van der Waals surface area contributed by atoms with Crippen molar-refractivity contribution in [2.45, 2.75) is 25.3 Å². The lowest BCUT2D eigenvalue weighted by molar-refractivity contribution is 0.0462. The zero-order valence-corrected chi connectivity index (χ0v) is 16.9. The lowest BCUT2D eigenvalue weighted by atomic mass is 10.2. The van der Waals surface area contributed by atoms with Crippen LogP contribution in [0.4, 0.5) is 0 Å². The molecular weight excluding hydrogens is 394 g/mol.